The third kappa shape index (κ3) is 2.07. The summed E-state index contributed by atoms with van der Waals surface area (Å²) in [5, 5.41) is 6.78. The molecule has 2 rings (SSSR count). The minimum absolute atomic E-state index is 0.990. The van der Waals surface area contributed by atoms with Crippen LogP contribution < -0.4 is 10.6 Å². The molecule has 1 aromatic carbocycles. The molecular weight excluding hydrogens is 172 g/mol. The SMILES string of the molecule is CCNCc1ccc2c(c1)CCCN2. The molecule has 76 valence electrons. The first kappa shape index (κ1) is 9.53. The van der Waals surface area contributed by atoms with Gasteiger partial charge in [0.1, 0.15) is 0 Å². The van der Waals surface area contributed by atoms with Crippen molar-refractivity contribution in [3.63, 3.8) is 0 Å². The van der Waals surface area contributed by atoms with Crippen molar-refractivity contribution < 1.29 is 0 Å². The first-order valence-electron chi connectivity index (χ1n) is 5.46. The summed E-state index contributed by atoms with van der Waals surface area (Å²) < 4.78 is 0. The Morgan fingerprint density at radius 1 is 1.43 bits per heavy atom. The van der Waals surface area contributed by atoms with Gasteiger partial charge >= 0.3 is 0 Å². The summed E-state index contributed by atoms with van der Waals surface area (Å²) >= 11 is 0. The lowest BCUT2D eigenvalue weighted by molar-refractivity contribution is 0.724. The van der Waals surface area contributed by atoms with Crippen LogP contribution in [0.4, 0.5) is 5.69 Å². The van der Waals surface area contributed by atoms with Gasteiger partial charge in [-0.15, -0.1) is 0 Å². The number of aryl methyl sites for hydroxylation is 1. The summed E-state index contributed by atoms with van der Waals surface area (Å²) in [4.78, 5) is 0. The monoisotopic (exact) mass is 190 g/mol. The molecule has 0 fully saturated rings. The Labute approximate surface area is 85.7 Å². The van der Waals surface area contributed by atoms with Crippen LogP contribution in [-0.4, -0.2) is 13.1 Å². The Balaban J connectivity index is 2.12. The van der Waals surface area contributed by atoms with Crippen LogP contribution in [0, 0.1) is 0 Å². The molecule has 0 saturated heterocycles. The van der Waals surface area contributed by atoms with E-state index in [-0.39, 0.29) is 0 Å². The molecule has 1 heterocycles. The number of fused-ring (bicyclic) bond motifs is 1. The zero-order valence-corrected chi connectivity index (χ0v) is 8.77. The van der Waals surface area contributed by atoms with E-state index in [1.165, 1.54) is 29.7 Å². The smallest absolute Gasteiger partial charge is 0.0372 e. The van der Waals surface area contributed by atoms with Gasteiger partial charge in [-0.05, 0) is 36.6 Å². The van der Waals surface area contributed by atoms with Gasteiger partial charge in [-0.3, -0.25) is 0 Å². The lowest BCUT2D eigenvalue weighted by atomic mass is 10.0. The van der Waals surface area contributed by atoms with E-state index in [0.717, 1.165) is 19.6 Å². The molecule has 1 aliphatic heterocycles. The molecule has 0 bridgehead atoms. The van der Waals surface area contributed by atoms with Crippen LogP contribution in [0.3, 0.4) is 0 Å². The molecule has 1 aromatic rings. The first-order chi connectivity index (χ1) is 6.90. The van der Waals surface area contributed by atoms with E-state index in [4.69, 9.17) is 0 Å². The van der Waals surface area contributed by atoms with E-state index in [1.54, 1.807) is 0 Å². The van der Waals surface area contributed by atoms with E-state index in [2.05, 4.69) is 35.8 Å². The van der Waals surface area contributed by atoms with Crippen molar-refractivity contribution in [1.29, 1.82) is 0 Å². The van der Waals surface area contributed by atoms with Crippen LogP contribution >= 0.6 is 0 Å². The summed E-state index contributed by atoms with van der Waals surface area (Å²) in [6, 6.07) is 6.74. The molecular formula is C12H18N2. The van der Waals surface area contributed by atoms with E-state index >= 15 is 0 Å². The van der Waals surface area contributed by atoms with Gasteiger partial charge in [0.15, 0.2) is 0 Å². The molecule has 0 unspecified atom stereocenters. The predicted octanol–water partition coefficient (Wildman–Crippen LogP) is 2.15. The second-order valence-corrected chi connectivity index (χ2v) is 3.80. The number of rotatable bonds is 3. The van der Waals surface area contributed by atoms with Crippen molar-refractivity contribution in [2.45, 2.75) is 26.3 Å². The zero-order valence-electron chi connectivity index (χ0n) is 8.77. The number of nitrogens with one attached hydrogen (secondary N) is 2. The van der Waals surface area contributed by atoms with Crippen molar-refractivity contribution in [1.82, 2.24) is 5.32 Å². The second kappa shape index (κ2) is 4.47. The zero-order chi connectivity index (χ0) is 9.80. The Morgan fingerprint density at radius 3 is 3.21 bits per heavy atom. The Kier molecular flexibility index (Phi) is 3.04. The van der Waals surface area contributed by atoms with Gasteiger partial charge in [-0.1, -0.05) is 19.1 Å². The molecule has 0 atom stereocenters. The van der Waals surface area contributed by atoms with Gasteiger partial charge in [0.25, 0.3) is 0 Å². The fraction of sp³-hybridized carbons (Fsp3) is 0.500. The van der Waals surface area contributed by atoms with Crippen LogP contribution in [0.2, 0.25) is 0 Å². The highest BCUT2D eigenvalue weighted by molar-refractivity contribution is 5.54. The molecule has 0 spiro atoms. The maximum Gasteiger partial charge on any atom is 0.0372 e. The maximum atomic E-state index is 3.43. The second-order valence-electron chi connectivity index (χ2n) is 3.80. The minimum Gasteiger partial charge on any atom is -0.385 e. The summed E-state index contributed by atoms with van der Waals surface area (Å²) in [6.45, 7) is 5.29. The van der Waals surface area contributed by atoms with Crippen LogP contribution in [-0.2, 0) is 13.0 Å². The summed E-state index contributed by atoms with van der Waals surface area (Å²) in [7, 11) is 0. The van der Waals surface area contributed by atoms with Gasteiger partial charge in [0.05, 0.1) is 0 Å². The van der Waals surface area contributed by atoms with Gasteiger partial charge in [0.2, 0.25) is 0 Å². The first-order valence-corrected chi connectivity index (χ1v) is 5.46. The van der Waals surface area contributed by atoms with Gasteiger partial charge in [-0.2, -0.15) is 0 Å². The molecule has 2 N–H and O–H groups in total. The maximum absolute atomic E-state index is 3.43. The third-order valence-corrected chi connectivity index (χ3v) is 2.69. The van der Waals surface area contributed by atoms with Crippen LogP contribution in [0.1, 0.15) is 24.5 Å². The summed E-state index contributed by atoms with van der Waals surface area (Å²) in [5.74, 6) is 0. The van der Waals surface area contributed by atoms with E-state index < -0.39 is 0 Å². The number of hydrogen-bond donors (Lipinski definition) is 2. The van der Waals surface area contributed by atoms with Crippen molar-refractivity contribution in [2.24, 2.45) is 0 Å². The van der Waals surface area contributed by atoms with Gasteiger partial charge in [0, 0.05) is 18.8 Å². The predicted molar refractivity (Wildman–Crippen MR) is 60.6 cm³/mol. The third-order valence-electron chi connectivity index (χ3n) is 2.69. The molecule has 0 amide bonds. The highest BCUT2D eigenvalue weighted by atomic mass is 14.9. The van der Waals surface area contributed by atoms with Crippen LogP contribution in [0.5, 0.6) is 0 Å². The fourth-order valence-electron chi connectivity index (χ4n) is 1.91. The average Bonchev–Trinajstić information content (AvgIpc) is 2.26. The minimum atomic E-state index is 0.990. The van der Waals surface area contributed by atoms with Crippen molar-refractivity contribution in [3.05, 3.63) is 29.3 Å². The Morgan fingerprint density at radius 2 is 2.36 bits per heavy atom. The largest absolute Gasteiger partial charge is 0.385 e. The van der Waals surface area contributed by atoms with E-state index in [1.807, 2.05) is 0 Å². The molecule has 0 aromatic heterocycles. The van der Waals surface area contributed by atoms with Crippen LogP contribution in [0.25, 0.3) is 0 Å². The lowest BCUT2D eigenvalue weighted by Gasteiger charge is -2.18. The highest BCUT2D eigenvalue weighted by Crippen LogP contribution is 2.22. The molecule has 0 radical (unpaired) electrons. The average molecular weight is 190 g/mol. The number of anilines is 1. The lowest BCUT2D eigenvalue weighted by Crippen LogP contribution is -2.14. The molecule has 1 aliphatic rings. The number of benzene rings is 1. The molecule has 0 saturated carbocycles. The molecule has 2 nitrogen and oxygen atoms in total. The molecule has 2 heteroatoms. The quantitative estimate of drug-likeness (QED) is 0.763. The Bertz CT molecular complexity index is 307. The topological polar surface area (TPSA) is 24.1 Å². The highest BCUT2D eigenvalue weighted by Gasteiger charge is 2.07. The summed E-state index contributed by atoms with van der Waals surface area (Å²) in [6.07, 6.45) is 2.49. The van der Waals surface area contributed by atoms with Gasteiger partial charge in [-0.25, -0.2) is 0 Å². The standard InChI is InChI=1S/C12H18N2/c1-2-13-9-10-5-6-12-11(8-10)4-3-7-14-12/h5-6,8,13-14H,2-4,7,9H2,1H3. The van der Waals surface area contributed by atoms with Crippen molar-refractivity contribution in [3.8, 4) is 0 Å². The van der Waals surface area contributed by atoms with Gasteiger partial charge < -0.3 is 10.6 Å². The van der Waals surface area contributed by atoms with E-state index in [0.29, 0.717) is 0 Å². The van der Waals surface area contributed by atoms with E-state index in [9.17, 15) is 0 Å². The summed E-state index contributed by atoms with van der Waals surface area (Å²) in [5.41, 5.74) is 4.21. The fourth-order valence-corrected chi connectivity index (χ4v) is 1.91. The van der Waals surface area contributed by atoms with Crippen molar-refractivity contribution >= 4 is 5.69 Å². The molecule has 14 heavy (non-hydrogen) atoms. The Hall–Kier alpha value is -1.02. The molecule has 0 aliphatic carbocycles. The van der Waals surface area contributed by atoms with Crippen molar-refractivity contribution in [2.75, 3.05) is 18.4 Å². The normalized spacial score (nSPS) is 14.6. The number of hydrogen-bond acceptors (Lipinski definition) is 2. The van der Waals surface area contributed by atoms with Crippen LogP contribution in [0.15, 0.2) is 18.2 Å².